The lowest BCUT2D eigenvalue weighted by Gasteiger charge is -2.62. The summed E-state index contributed by atoms with van der Waals surface area (Å²) < 4.78 is 5.79. The molecule has 0 bridgehead atoms. The van der Waals surface area contributed by atoms with Gasteiger partial charge in [0.05, 0.1) is 5.60 Å². The molecule has 4 aliphatic carbocycles. The van der Waals surface area contributed by atoms with Gasteiger partial charge in [-0.05, 0) is 124 Å². The Morgan fingerprint density at radius 2 is 1.69 bits per heavy atom. The maximum atomic E-state index is 13.6. The fourth-order valence-electron chi connectivity index (χ4n) is 9.90. The van der Waals surface area contributed by atoms with Crippen LogP contribution in [0, 0.1) is 51.2 Å². The molecule has 0 aromatic rings. The molecule has 3 heteroatoms. The van der Waals surface area contributed by atoms with Crippen molar-refractivity contribution < 1.29 is 14.6 Å². The highest BCUT2D eigenvalue weighted by Gasteiger charge is 2.66. The molecule has 0 aromatic carbocycles. The predicted octanol–water partition coefficient (Wildman–Crippen LogP) is 8.35. The van der Waals surface area contributed by atoms with E-state index in [1.165, 1.54) is 44.1 Å². The number of rotatable bonds is 7. The Labute approximate surface area is 222 Å². The van der Waals surface area contributed by atoms with E-state index in [0.717, 1.165) is 19.3 Å². The van der Waals surface area contributed by atoms with Gasteiger partial charge in [-0.3, -0.25) is 4.79 Å². The van der Waals surface area contributed by atoms with Crippen molar-refractivity contribution in [2.45, 2.75) is 139 Å². The lowest BCUT2D eigenvalue weighted by atomic mass is 9.42. The van der Waals surface area contributed by atoms with Gasteiger partial charge in [0.1, 0.15) is 0 Å². The second-order valence-corrected chi connectivity index (χ2v) is 15.6. The predicted molar refractivity (Wildman–Crippen MR) is 148 cm³/mol. The average molecular weight is 501 g/mol. The SMILES string of the molecule is C[C@H]1CC[C@]2(C)C3CC[C@]4(C)[C@@H](C(C)(C)[C@H](C)CCC(C)(C)O[C@H](C)O)CC[C@@]4(C)C3=CC(=O)[C@@H]2C1. The first kappa shape index (κ1) is 28.3. The average Bonchev–Trinajstić information content (AvgIpc) is 3.05. The van der Waals surface area contributed by atoms with Crippen molar-refractivity contribution in [3.05, 3.63) is 11.6 Å². The fourth-order valence-corrected chi connectivity index (χ4v) is 9.90. The van der Waals surface area contributed by atoms with Crippen LogP contribution >= 0.6 is 0 Å². The van der Waals surface area contributed by atoms with Crippen molar-refractivity contribution in [3.63, 3.8) is 0 Å². The molecular weight excluding hydrogens is 444 g/mol. The van der Waals surface area contributed by atoms with Crippen LogP contribution in [0.15, 0.2) is 11.6 Å². The highest BCUT2D eigenvalue weighted by Crippen LogP contribution is 2.73. The van der Waals surface area contributed by atoms with Gasteiger partial charge in [0.25, 0.3) is 0 Å². The molecule has 3 saturated carbocycles. The number of allylic oxidation sites excluding steroid dienone is 2. The summed E-state index contributed by atoms with van der Waals surface area (Å²) in [7, 11) is 0. The van der Waals surface area contributed by atoms with Crippen LogP contribution in [0.25, 0.3) is 0 Å². The van der Waals surface area contributed by atoms with Crippen LogP contribution < -0.4 is 0 Å². The smallest absolute Gasteiger partial charge is 0.159 e. The minimum Gasteiger partial charge on any atom is -0.368 e. The number of ether oxygens (including phenoxy) is 1. The third-order valence-electron chi connectivity index (χ3n) is 12.8. The molecule has 3 fully saturated rings. The van der Waals surface area contributed by atoms with Crippen LogP contribution in [0.3, 0.4) is 0 Å². The van der Waals surface area contributed by atoms with E-state index < -0.39 is 6.29 Å². The normalized spacial score (nSPS) is 42.8. The molecule has 9 atom stereocenters. The van der Waals surface area contributed by atoms with Gasteiger partial charge in [-0.2, -0.15) is 0 Å². The first-order valence-electron chi connectivity index (χ1n) is 15.1. The molecule has 1 unspecified atom stereocenters. The van der Waals surface area contributed by atoms with Crippen LogP contribution in [0.2, 0.25) is 0 Å². The zero-order valence-electron chi connectivity index (χ0n) is 25.2. The summed E-state index contributed by atoms with van der Waals surface area (Å²) in [5, 5.41) is 9.74. The molecule has 0 aliphatic heterocycles. The molecule has 0 radical (unpaired) electrons. The van der Waals surface area contributed by atoms with Gasteiger partial charge in [-0.15, -0.1) is 0 Å². The lowest BCUT2D eigenvalue weighted by molar-refractivity contribution is -0.166. The van der Waals surface area contributed by atoms with Crippen molar-refractivity contribution in [2.75, 3.05) is 0 Å². The second-order valence-electron chi connectivity index (χ2n) is 15.6. The molecule has 0 saturated heterocycles. The van der Waals surface area contributed by atoms with E-state index in [2.05, 4.69) is 68.4 Å². The molecule has 0 spiro atoms. The zero-order chi connectivity index (χ0) is 26.9. The molecular formula is C33H56O3. The molecule has 4 rings (SSSR count). The van der Waals surface area contributed by atoms with Gasteiger partial charge < -0.3 is 9.84 Å². The van der Waals surface area contributed by atoms with Crippen LogP contribution in [0.4, 0.5) is 0 Å². The molecule has 3 nitrogen and oxygen atoms in total. The number of fused-ring (bicyclic) bond motifs is 5. The second kappa shape index (κ2) is 9.22. The lowest BCUT2D eigenvalue weighted by Crippen LogP contribution is -2.56. The quantitative estimate of drug-likeness (QED) is 0.357. The van der Waals surface area contributed by atoms with E-state index in [1.807, 2.05) is 0 Å². The van der Waals surface area contributed by atoms with Crippen LogP contribution in [0.5, 0.6) is 0 Å². The Kier molecular flexibility index (Phi) is 7.25. The van der Waals surface area contributed by atoms with Gasteiger partial charge in [0, 0.05) is 5.92 Å². The van der Waals surface area contributed by atoms with Crippen molar-refractivity contribution in [1.29, 1.82) is 0 Å². The van der Waals surface area contributed by atoms with E-state index in [-0.39, 0.29) is 33.2 Å². The summed E-state index contributed by atoms with van der Waals surface area (Å²) in [6, 6.07) is 0. The van der Waals surface area contributed by atoms with E-state index in [4.69, 9.17) is 4.74 Å². The van der Waals surface area contributed by atoms with Crippen molar-refractivity contribution in [2.24, 2.45) is 51.2 Å². The van der Waals surface area contributed by atoms with Gasteiger partial charge in [-0.25, -0.2) is 0 Å². The molecule has 0 amide bonds. The van der Waals surface area contributed by atoms with E-state index in [9.17, 15) is 9.90 Å². The van der Waals surface area contributed by atoms with Crippen LogP contribution in [-0.4, -0.2) is 22.8 Å². The maximum Gasteiger partial charge on any atom is 0.159 e. The summed E-state index contributed by atoms with van der Waals surface area (Å²) in [5.74, 6) is 3.14. The summed E-state index contributed by atoms with van der Waals surface area (Å²) in [5.41, 5.74) is 1.93. The summed E-state index contributed by atoms with van der Waals surface area (Å²) >= 11 is 0. The Balaban J connectivity index is 1.59. The Bertz CT molecular complexity index is 883. The standard InChI is InChI=1S/C33H56O3/c1-21-11-16-31(8)24-13-17-33(10)28(14-18-32(33,9)25(24)20-27(35)26(31)19-21)30(6,7)22(2)12-15-29(4,5)36-23(3)34/h20-24,26,28,34H,11-19H2,1-10H3/t21-,22+,23+,24?,26-,28+,31+,32-,33+/m0/s1. The number of ketones is 1. The topological polar surface area (TPSA) is 46.5 Å². The minimum atomic E-state index is -0.728. The van der Waals surface area contributed by atoms with Gasteiger partial charge in [-0.1, -0.05) is 60.5 Å². The molecule has 4 aliphatic rings. The van der Waals surface area contributed by atoms with Gasteiger partial charge in [0.2, 0.25) is 0 Å². The zero-order valence-corrected chi connectivity index (χ0v) is 25.2. The highest BCUT2D eigenvalue weighted by molar-refractivity contribution is 5.94. The van der Waals surface area contributed by atoms with Crippen molar-refractivity contribution >= 4 is 5.78 Å². The molecule has 0 aromatic heterocycles. The van der Waals surface area contributed by atoms with Crippen LogP contribution in [-0.2, 0) is 9.53 Å². The van der Waals surface area contributed by atoms with E-state index >= 15 is 0 Å². The van der Waals surface area contributed by atoms with Crippen molar-refractivity contribution in [3.8, 4) is 0 Å². The fraction of sp³-hybridized carbons (Fsp3) is 0.909. The minimum absolute atomic E-state index is 0.124. The third kappa shape index (κ3) is 4.37. The number of carbonyl (C=O) groups is 1. The molecule has 1 N–H and O–H groups in total. The van der Waals surface area contributed by atoms with Gasteiger partial charge >= 0.3 is 0 Å². The Hall–Kier alpha value is -0.670. The van der Waals surface area contributed by atoms with E-state index in [1.54, 1.807) is 6.92 Å². The van der Waals surface area contributed by atoms with Crippen molar-refractivity contribution in [1.82, 2.24) is 0 Å². The number of aliphatic hydroxyl groups is 1. The number of hydrogen-bond acceptors (Lipinski definition) is 3. The summed E-state index contributed by atoms with van der Waals surface area (Å²) in [6.07, 6.45) is 12.1. The molecule has 36 heavy (non-hydrogen) atoms. The Morgan fingerprint density at radius 3 is 2.33 bits per heavy atom. The monoisotopic (exact) mass is 500 g/mol. The number of carbonyl (C=O) groups excluding carboxylic acids is 1. The largest absolute Gasteiger partial charge is 0.368 e. The Morgan fingerprint density at radius 1 is 1.03 bits per heavy atom. The molecule has 0 heterocycles. The maximum absolute atomic E-state index is 13.6. The number of aliphatic hydroxyl groups excluding tert-OH is 1. The number of hydrogen-bond donors (Lipinski definition) is 1. The van der Waals surface area contributed by atoms with E-state index in [0.29, 0.717) is 29.5 Å². The first-order chi connectivity index (χ1) is 16.5. The van der Waals surface area contributed by atoms with Crippen LogP contribution in [0.1, 0.15) is 127 Å². The van der Waals surface area contributed by atoms with Gasteiger partial charge in [0.15, 0.2) is 12.1 Å². The molecule has 206 valence electrons. The third-order valence-corrected chi connectivity index (χ3v) is 12.8. The summed E-state index contributed by atoms with van der Waals surface area (Å²) in [6.45, 7) is 23.3. The first-order valence-corrected chi connectivity index (χ1v) is 15.1. The highest BCUT2D eigenvalue weighted by atomic mass is 16.6. The summed E-state index contributed by atoms with van der Waals surface area (Å²) in [4.78, 5) is 13.6.